The number of hydrogen-bond donors (Lipinski definition) is 2. The lowest BCUT2D eigenvalue weighted by atomic mass is 10.0. The maximum absolute atomic E-state index is 9.22. The summed E-state index contributed by atoms with van der Waals surface area (Å²) in [5.41, 5.74) is 0. The molecule has 0 aromatic rings. The molecule has 2 atom stereocenters. The maximum Gasteiger partial charge on any atom is 0.100 e. The molecule has 0 saturated heterocycles. The third-order valence-electron chi connectivity index (χ3n) is 4.54. The van der Waals surface area contributed by atoms with E-state index in [-0.39, 0.29) is 19.3 Å². The summed E-state index contributed by atoms with van der Waals surface area (Å²) in [5.74, 6) is 0. The Morgan fingerprint density at radius 2 is 1.25 bits per heavy atom. The van der Waals surface area contributed by atoms with E-state index in [0.717, 1.165) is 6.42 Å². The van der Waals surface area contributed by atoms with Gasteiger partial charge in [-0.3, -0.25) is 0 Å². The molecular formula is C20H42O4. The van der Waals surface area contributed by atoms with Gasteiger partial charge in [-0.05, 0) is 6.42 Å². The Bertz CT molecular complexity index is 236. The molecule has 0 heterocycles. The Morgan fingerprint density at radius 1 is 0.750 bits per heavy atom. The van der Waals surface area contributed by atoms with E-state index in [0.29, 0.717) is 6.61 Å². The Hall–Kier alpha value is -0.160. The molecule has 0 unspecified atom stereocenters. The summed E-state index contributed by atoms with van der Waals surface area (Å²) < 4.78 is 10.8. The van der Waals surface area contributed by atoms with Crippen molar-refractivity contribution in [3.63, 3.8) is 0 Å². The first-order valence-electron chi connectivity index (χ1n) is 10.1. The lowest BCUT2D eigenvalue weighted by Gasteiger charge is -2.16. The zero-order chi connectivity index (χ0) is 17.9. The van der Waals surface area contributed by atoms with Crippen molar-refractivity contribution in [3.05, 3.63) is 0 Å². The smallest absolute Gasteiger partial charge is 0.100 e. The van der Waals surface area contributed by atoms with Crippen molar-refractivity contribution < 1.29 is 19.7 Å². The first-order chi connectivity index (χ1) is 11.7. The Kier molecular flexibility index (Phi) is 19.0. The Morgan fingerprint density at radius 3 is 1.71 bits per heavy atom. The molecule has 146 valence electrons. The van der Waals surface area contributed by atoms with Crippen LogP contribution in [-0.2, 0) is 9.47 Å². The van der Waals surface area contributed by atoms with Gasteiger partial charge in [-0.25, -0.2) is 0 Å². The second-order valence-electron chi connectivity index (χ2n) is 6.91. The summed E-state index contributed by atoms with van der Waals surface area (Å²) in [6.45, 7) is 2.68. The molecule has 0 aromatic carbocycles. The van der Waals surface area contributed by atoms with Crippen LogP contribution in [0.3, 0.4) is 0 Å². The van der Waals surface area contributed by atoms with Crippen LogP contribution in [0.1, 0.15) is 90.4 Å². The zero-order valence-electron chi connectivity index (χ0n) is 16.2. The number of unbranched alkanes of at least 4 members (excludes halogenated alkanes) is 11. The summed E-state index contributed by atoms with van der Waals surface area (Å²) in [7, 11) is 1.71. The normalized spacial score (nSPS) is 14.0. The van der Waals surface area contributed by atoms with Crippen molar-refractivity contribution in [1.82, 2.24) is 0 Å². The van der Waals surface area contributed by atoms with E-state index < -0.39 is 6.10 Å². The minimum atomic E-state index is -0.783. The van der Waals surface area contributed by atoms with Crippen LogP contribution in [0.25, 0.3) is 0 Å². The maximum atomic E-state index is 9.22. The SMILES string of the molecule is CCCCCCCCCCCCCC[C@H](COC[C@@H](O)CO)OC. The highest BCUT2D eigenvalue weighted by Gasteiger charge is 2.09. The number of rotatable bonds is 19. The second kappa shape index (κ2) is 19.2. The molecule has 0 fully saturated rings. The average molecular weight is 347 g/mol. The van der Waals surface area contributed by atoms with Gasteiger partial charge in [0.2, 0.25) is 0 Å². The van der Waals surface area contributed by atoms with Gasteiger partial charge < -0.3 is 19.7 Å². The minimum Gasteiger partial charge on any atom is -0.394 e. The molecule has 2 N–H and O–H groups in total. The van der Waals surface area contributed by atoms with E-state index in [4.69, 9.17) is 14.6 Å². The molecule has 0 bridgehead atoms. The molecule has 0 aliphatic rings. The summed E-state index contributed by atoms with van der Waals surface area (Å²) >= 11 is 0. The van der Waals surface area contributed by atoms with E-state index in [1.54, 1.807) is 7.11 Å². The third-order valence-corrected chi connectivity index (χ3v) is 4.54. The molecule has 0 aliphatic carbocycles. The van der Waals surface area contributed by atoms with Gasteiger partial charge in [0.25, 0.3) is 0 Å². The van der Waals surface area contributed by atoms with Crippen molar-refractivity contribution in [2.75, 3.05) is 26.9 Å². The van der Waals surface area contributed by atoms with Crippen molar-refractivity contribution in [1.29, 1.82) is 0 Å². The van der Waals surface area contributed by atoms with Crippen molar-refractivity contribution >= 4 is 0 Å². The van der Waals surface area contributed by atoms with Gasteiger partial charge in [0.15, 0.2) is 0 Å². The van der Waals surface area contributed by atoms with Crippen LogP contribution >= 0.6 is 0 Å². The number of hydrogen-bond acceptors (Lipinski definition) is 4. The van der Waals surface area contributed by atoms with E-state index >= 15 is 0 Å². The number of methoxy groups -OCH3 is 1. The molecule has 0 saturated carbocycles. The number of aliphatic hydroxyl groups is 2. The molecule has 4 nitrogen and oxygen atoms in total. The minimum absolute atomic E-state index is 0.0963. The van der Waals surface area contributed by atoms with E-state index in [2.05, 4.69) is 6.92 Å². The van der Waals surface area contributed by atoms with Crippen LogP contribution in [-0.4, -0.2) is 49.4 Å². The highest BCUT2D eigenvalue weighted by atomic mass is 16.5. The topological polar surface area (TPSA) is 58.9 Å². The molecule has 0 spiro atoms. The summed E-state index contributed by atoms with van der Waals surface area (Å²) in [5, 5.41) is 17.9. The molecular weight excluding hydrogens is 304 g/mol. The second-order valence-corrected chi connectivity index (χ2v) is 6.91. The van der Waals surface area contributed by atoms with Gasteiger partial charge in [0, 0.05) is 7.11 Å². The van der Waals surface area contributed by atoms with Crippen molar-refractivity contribution in [3.8, 4) is 0 Å². The highest BCUT2D eigenvalue weighted by molar-refractivity contribution is 4.59. The summed E-state index contributed by atoms with van der Waals surface area (Å²) in [4.78, 5) is 0. The first kappa shape index (κ1) is 23.8. The fourth-order valence-corrected chi connectivity index (χ4v) is 2.87. The van der Waals surface area contributed by atoms with Crippen LogP contribution in [0.15, 0.2) is 0 Å². The molecule has 0 amide bonds. The monoisotopic (exact) mass is 346 g/mol. The quantitative estimate of drug-likeness (QED) is 0.339. The van der Waals surface area contributed by atoms with Crippen molar-refractivity contribution in [2.45, 2.75) is 103 Å². The van der Waals surface area contributed by atoms with E-state index in [1.807, 2.05) is 0 Å². The number of ether oxygens (including phenoxy) is 2. The fraction of sp³-hybridized carbons (Fsp3) is 1.00. The van der Waals surface area contributed by atoms with Crippen LogP contribution < -0.4 is 0 Å². The summed E-state index contributed by atoms with van der Waals surface area (Å²) in [6, 6.07) is 0. The molecule has 0 aromatic heterocycles. The first-order valence-corrected chi connectivity index (χ1v) is 10.1. The molecule has 0 radical (unpaired) electrons. The van der Waals surface area contributed by atoms with E-state index in [9.17, 15) is 5.11 Å². The lowest BCUT2D eigenvalue weighted by molar-refractivity contribution is -0.0381. The molecule has 24 heavy (non-hydrogen) atoms. The largest absolute Gasteiger partial charge is 0.394 e. The lowest BCUT2D eigenvalue weighted by Crippen LogP contribution is -2.24. The van der Waals surface area contributed by atoms with Gasteiger partial charge in [-0.2, -0.15) is 0 Å². The van der Waals surface area contributed by atoms with Gasteiger partial charge in [-0.15, -0.1) is 0 Å². The van der Waals surface area contributed by atoms with Crippen LogP contribution in [0, 0.1) is 0 Å². The average Bonchev–Trinajstić information content (AvgIpc) is 2.60. The predicted molar refractivity (Wildman–Crippen MR) is 100 cm³/mol. The van der Waals surface area contributed by atoms with Gasteiger partial charge >= 0.3 is 0 Å². The molecule has 0 aliphatic heterocycles. The van der Waals surface area contributed by atoms with Gasteiger partial charge in [0.1, 0.15) is 6.10 Å². The van der Waals surface area contributed by atoms with E-state index in [1.165, 1.54) is 77.0 Å². The summed E-state index contributed by atoms with van der Waals surface area (Å²) in [6.07, 6.45) is 16.6. The van der Waals surface area contributed by atoms with Crippen LogP contribution in [0.2, 0.25) is 0 Å². The van der Waals surface area contributed by atoms with Crippen molar-refractivity contribution in [2.24, 2.45) is 0 Å². The number of aliphatic hydroxyl groups excluding tert-OH is 2. The zero-order valence-corrected chi connectivity index (χ0v) is 16.2. The predicted octanol–water partition coefficient (Wildman–Crippen LogP) is 4.46. The standard InChI is InChI=1S/C20H42O4/c1-3-4-5-6-7-8-9-10-11-12-13-14-15-20(23-2)18-24-17-19(22)16-21/h19-22H,3-18H2,1-2H3/t19-,20+/m0/s1. The molecule has 4 heteroatoms. The van der Waals surface area contributed by atoms with Crippen LogP contribution in [0.4, 0.5) is 0 Å². The van der Waals surface area contributed by atoms with Gasteiger partial charge in [0.05, 0.1) is 25.9 Å². The Balaban J connectivity index is 3.29. The van der Waals surface area contributed by atoms with Crippen LogP contribution in [0.5, 0.6) is 0 Å². The highest BCUT2D eigenvalue weighted by Crippen LogP contribution is 2.13. The Labute approximate surface area is 149 Å². The third kappa shape index (κ3) is 16.7. The van der Waals surface area contributed by atoms with Gasteiger partial charge in [-0.1, -0.05) is 84.0 Å². The molecule has 0 rings (SSSR count). The fourth-order valence-electron chi connectivity index (χ4n) is 2.87.